The van der Waals surface area contributed by atoms with E-state index in [1.807, 2.05) is 18.3 Å². The van der Waals surface area contributed by atoms with Crippen LogP contribution in [-0.2, 0) is 11.2 Å². The average Bonchev–Trinajstić information content (AvgIpc) is 2.92. The van der Waals surface area contributed by atoms with Crippen molar-refractivity contribution in [3.8, 4) is 0 Å². The van der Waals surface area contributed by atoms with E-state index >= 15 is 0 Å². The number of aromatic amines is 1. The van der Waals surface area contributed by atoms with E-state index in [1.165, 1.54) is 12.8 Å². The van der Waals surface area contributed by atoms with Crippen LogP contribution in [-0.4, -0.2) is 35.5 Å². The molecule has 1 atom stereocenters. The largest absolute Gasteiger partial charge is 0.356 e. The van der Waals surface area contributed by atoms with Crippen LogP contribution >= 0.6 is 12.4 Å². The topological polar surface area (TPSA) is 69.8 Å². The first-order valence-corrected chi connectivity index (χ1v) is 7.71. The number of nitrogens with one attached hydrogen (secondary N) is 3. The standard InChI is InChI=1S/C16H22N4O.ClH/c21-15(18-8-5-12-3-1-6-17-10-12)9-13-11-20-16-14(13)4-2-7-19-16;/h2,4,7,11-12,17H,1,3,5-6,8-10H2,(H,18,21)(H,19,20);1H. The second-order valence-electron chi connectivity index (χ2n) is 5.74. The van der Waals surface area contributed by atoms with Gasteiger partial charge in [0.1, 0.15) is 5.65 Å². The van der Waals surface area contributed by atoms with E-state index in [0.29, 0.717) is 12.3 Å². The Hall–Kier alpha value is -1.59. The summed E-state index contributed by atoms with van der Waals surface area (Å²) >= 11 is 0. The van der Waals surface area contributed by atoms with Crippen molar-refractivity contribution < 1.29 is 4.79 Å². The monoisotopic (exact) mass is 322 g/mol. The summed E-state index contributed by atoms with van der Waals surface area (Å²) in [5, 5.41) is 7.47. The third-order valence-corrected chi connectivity index (χ3v) is 4.16. The predicted molar refractivity (Wildman–Crippen MR) is 90.3 cm³/mol. The van der Waals surface area contributed by atoms with E-state index in [1.54, 1.807) is 6.20 Å². The number of amides is 1. The van der Waals surface area contributed by atoms with Crippen LogP contribution in [0.1, 0.15) is 24.8 Å². The maximum absolute atomic E-state index is 12.0. The summed E-state index contributed by atoms with van der Waals surface area (Å²) in [5.41, 5.74) is 1.85. The number of halogens is 1. The molecule has 1 fully saturated rings. The fourth-order valence-electron chi connectivity index (χ4n) is 2.98. The number of hydrogen-bond acceptors (Lipinski definition) is 3. The molecule has 0 saturated carbocycles. The van der Waals surface area contributed by atoms with Crippen LogP contribution in [0.2, 0.25) is 0 Å². The molecule has 0 radical (unpaired) electrons. The van der Waals surface area contributed by atoms with Gasteiger partial charge in [-0.15, -0.1) is 12.4 Å². The lowest BCUT2D eigenvalue weighted by Gasteiger charge is -2.22. The lowest BCUT2D eigenvalue weighted by atomic mass is 9.96. The molecule has 6 heteroatoms. The number of fused-ring (bicyclic) bond motifs is 1. The quantitative estimate of drug-likeness (QED) is 0.789. The fraction of sp³-hybridized carbons (Fsp3) is 0.500. The lowest BCUT2D eigenvalue weighted by molar-refractivity contribution is -0.120. The molecule has 22 heavy (non-hydrogen) atoms. The van der Waals surface area contributed by atoms with Gasteiger partial charge < -0.3 is 15.6 Å². The second kappa shape index (κ2) is 8.15. The number of pyridine rings is 1. The number of carbonyl (C=O) groups excluding carboxylic acids is 1. The summed E-state index contributed by atoms with van der Waals surface area (Å²) in [5.74, 6) is 0.792. The molecule has 3 rings (SSSR count). The Morgan fingerprint density at radius 2 is 2.36 bits per heavy atom. The number of rotatable bonds is 5. The minimum Gasteiger partial charge on any atom is -0.356 e. The Kier molecular flexibility index (Phi) is 6.21. The van der Waals surface area contributed by atoms with Gasteiger partial charge in [-0.3, -0.25) is 4.79 Å². The fourth-order valence-corrected chi connectivity index (χ4v) is 2.98. The molecule has 0 aromatic carbocycles. The van der Waals surface area contributed by atoms with E-state index in [2.05, 4.69) is 20.6 Å². The summed E-state index contributed by atoms with van der Waals surface area (Å²) in [6, 6.07) is 3.89. The van der Waals surface area contributed by atoms with Crippen LogP contribution in [0.5, 0.6) is 0 Å². The van der Waals surface area contributed by atoms with Gasteiger partial charge in [0.05, 0.1) is 6.42 Å². The van der Waals surface area contributed by atoms with Crippen LogP contribution in [0.25, 0.3) is 11.0 Å². The minimum absolute atomic E-state index is 0. The molecule has 0 spiro atoms. The van der Waals surface area contributed by atoms with E-state index in [0.717, 1.165) is 42.7 Å². The zero-order valence-electron chi connectivity index (χ0n) is 12.6. The molecule has 0 aliphatic carbocycles. The maximum Gasteiger partial charge on any atom is 0.224 e. The Labute approximate surface area is 136 Å². The van der Waals surface area contributed by atoms with Gasteiger partial charge in [0.2, 0.25) is 5.91 Å². The highest BCUT2D eigenvalue weighted by atomic mass is 35.5. The molecule has 1 aliphatic rings. The number of aromatic nitrogens is 2. The Morgan fingerprint density at radius 3 is 3.18 bits per heavy atom. The minimum atomic E-state index is 0. The number of H-pyrrole nitrogens is 1. The highest BCUT2D eigenvalue weighted by Gasteiger charge is 2.13. The Bertz CT molecular complexity index is 607. The van der Waals surface area contributed by atoms with Crippen LogP contribution in [0.3, 0.4) is 0 Å². The van der Waals surface area contributed by atoms with Gasteiger partial charge in [0.25, 0.3) is 0 Å². The summed E-state index contributed by atoms with van der Waals surface area (Å²) in [4.78, 5) is 19.4. The van der Waals surface area contributed by atoms with Crippen molar-refractivity contribution in [1.29, 1.82) is 0 Å². The van der Waals surface area contributed by atoms with Gasteiger partial charge in [-0.25, -0.2) is 4.98 Å². The number of carbonyl (C=O) groups is 1. The summed E-state index contributed by atoms with van der Waals surface area (Å²) < 4.78 is 0. The van der Waals surface area contributed by atoms with Gasteiger partial charge in [0.15, 0.2) is 0 Å². The molecular weight excluding hydrogens is 300 g/mol. The van der Waals surface area contributed by atoms with Crippen molar-refractivity contribution in [2.45, 2.75) is 25.7 Å². The van der Waals surface area contributed by atoms with Crippen molar-refractivity contribution in [3.63, 3.8) is 0 Å². The molecule has 1 amide bonds. The predicted octanol–water partition coefficient (Wildman–Crippen LogP) is 2.03. The maximum atomic E-state index is 12.0. The van der Waals surface area contributed by atoms with Crippen molar-refractivity contribution >= 4 is 29.3 Å². The van der Waals surface area contributed by atoms with Crippen molar-refractivity contribution in [2.75, 3.05) is 19.6 Å². The molecule has 5 nitrogen and oxygen atoms in total. The highest BCUT2D eigenvalue weighted by Crippen LogP contribution is 2.16. The first-order valence-electron chi connectivity index (χ1n) is 7.71. The molecule has 2 aromatic rings. The van der Waals surface area contributed by atoms with Crippen molar-refractivity contribution in [2.24, 2.45) is 5.92 Å². The van der Waals surface area contributed by atoms with Crippen molar-refractivity contribution in [1.82, 2.24) is 20.6 Å². The van der Waals surface area contributed by atoms with Gasteiger partial charge in [-0.2, -0.15) is 0 Å². The summed E-state index contributed by atoms with van der Waals surface area (Å²) in [7, 11) is 0. The third kappa shape index (κ3) is 4.21. The van der Waals surface area contributed by atoms with E-state index < -0.39 is 0 Å². The highest BCUT2D eigenvalue weighted by molar-refractivity contribution is 5.87. The first kappa shape index (κ1) is 16.8. The average molecular weight is 323 g/mol. The molecule has 1 aliphatic heterocycles. The SMILES string of the molecule is Cl.O=C(Cc1c[nH]c2ncccc12)NCCC1CCCNC1. The first-order chi connectivity index (χ1) is 10.3. The molecule has 1 saturated heterocycles. The molecule has 120 valence electrons. The molecule has 3 heterocycles. The lowest BCUT2D eigenvalue weighted by Crippen LogP contribution is -2.33. The zero-order chi connectivity index (χ0) is 14.5. The third-order valence-electron chi connectivity index (χ3n) is 4.16. The molecule has 2 aromatic heterocycles. The van der Waals surface area contributed by atoms with E-state index in [-0.39, 0.29) is 18.3 Å². The van der Waals surface area contributed by atoms with Crippen LogP contribution in [0.4, 0.5) is 0 Å². The number of nitrogens with zero attached hydrogens (tertiary/aromatic N) is 1. The van der Waals surface area contributed by atoms with Gasteiger partial charge in [0, 0.05) is 24.3 Å². The van der Waals surface area contributed by atoms with Crippen LogP contribution < -0.4 is 10.6 Å². The molecule has 0 bridgehead atoms. The number of hydrogen-bond donors (Lipinski definition) is 3. The summed E-state index contributed by atoms with van der Waals surface area (Å²) in [6.07, 6.45) is 7.63. The van der Waals surface area contributed by atoms with Crippen LogP contribution in [0, 0.1) is 5.92 Å². The van der Waals surface area contributed by atoms with Gasteiger partial charge in [-0.05, 0) is 56.0 Å². The molecule has 1 unspecified atom stereocenters. The smallest absolute Gasteiger partial charge is 0.224 e. The normalized spacial score (nSPS) is 17.9. The van der Waals surface area contributed by atoms with E-state index in [4.69, 9.17) is 0 Å². The van der Waals surface area contributed by atoms with Gasteiger partial charge in [-0.1, -0.05) is 0 Å². The Morgan fingerprint density at radius 1 is 1.45 bits per heavy atom. The summed E-state index contributed by atoms with van der Waals surface area (Å²) in [6.45, 7) is 2.99. The van der Waals surface area contributed by atoms with E-state index in [9.17, 15) is 4.79 Å². The van der Waals surface area contributed by atoms with Gasteiger partial charge >= 0.3 is 0 Å². The zero-order valence-corrected chi connectivity index (χ0v) is 13.4. The number of piperidine rings is 1. The second-order valence-corrected chi connectivity index (χ2v) is 5.74. The molecular formula is C16H23ClN4O. The Balaban J connectivity index is 0.00000176. The van der Waals surface area contributed by atoms with Crippen LogP contribution in [0.15, 0.2) is 24.5 Å². The molecule has 3 N–H and O–H groups in total. The van der Waals surface area contributed by atoms with Crippen molar-refractivity contribution in [3.05, 3.63) is 30.1 Å².